The summed E-state index contributed by atoms with van der Waals surface area (Å²) in [5.74, 6) is -0.251. The van der Waals surface area contributed by atoms with Crippen LogP contribution in [0.3, 0.4) is 0 Å². The molecule has 0 heterocycles. The minimum absolute atomic E-state index is 0.251. The summed E-state index contributed by atoms with van der Waals surface area (Å²) >= 11 is 0. The minimum Gasteiger partial charge on any atom is -0.465 e. The summed E-state index contributed by atoms with van der Waals surface area (Å²) in [6.07, 6.45) is 1.65. The van der Waals surface area contributed by atoms with Gasteiger partial charge in [0.25, 0.3) is 0 Å². The molecule has 0 atom stereocenters. The van der Waals surface area contributed by atoms with Gasteiger partial charge in [0.1, 0.15) is 13.7 Å². The molecule has 0 aliphatic heterocycles. The van der Waals surface area contributed by atoms with Gasteiger partial charge in [0, 0.05) is 20.0 Å². The zero-order chi connectivity index (χ0) is 10.1. The highest BCUT2D eigenvalue weighted by atomic mass is 16.6. The Morgan fingerprint density at radius 1 is 1.62 bits per heavy atom. The van der Waals surface area contributed by atoms with Gasteiger partial charge in [-0.2, -0.15) is 0 Å². The highest BCUT2D eigenvalue weighted by Gasteiger charge is 1.97. The Hall–Kier alpha value is -1.10. The smallest absolute Gasteiger partial charge is 0.302 e. The number of carbonyl (C=O) groups is 1. The summed E-state index contributed by atoms with van der Waals surface area (Å²) in [6, 6.07) is 0. The van der Waals surface area contributed by atoms with Crippen molar-refractivity contribution in [2.24, 2.45) is 5.16 Å². The van der Waals surface area contributed by atoms with E-state index in [4.69, 9.17) is 4.74 Å². The number of likely N-dealkylation sites (N-methyl/N-ethyl adjacent to an activating group) is 1. The molecule has 0 aliphatic carbocycles. The molecule has 0 N–H and O–H groups in total. The maximum Gasteiger partial charge on any atom is 0.302 e. The highest BCUT2D eigenvalue weighted by molar-refractivity contribution is 5.65. The van der Waals surface area contributed by atoms with Crippen LogP contribution in [-0.2, 0) is 14.4 Å². The van der Waals surface area contributed by atoms with E-state index in [1.165, 1.54) is 14.0 Å². The van der Waals surface area contributed by atoms with Crippen molar-refractivity contribution in [3.63, 3.8) is 0 Å². The van der Waals surface area contributed by atoms with Gasteiger partial charge >= 0.3 is 5.97 Å². The number of carbonyl (C=O) groups excluding carboxylic acids is 1. The zero-order valence-electron chi connectivity index (χ0n) is 8.32. The maximum absolute atomic E-state index is 10.4. The lowest BCUT2D eigenvalue weighted by Crippen LogP contribution is -2.25. The van der Waals surface area contributed by atoms with Crippen molar-refractivity contribution >= 4 is 12.2 Å². The summed E-state index contributed by atoms with van der Waals surface area (Å²) in [5.41, 5.74) is 0. The van der Waals surface area contributed by atoms with Crippen molar-refractivity contribution in [2.75, 3.05) is 33.9 Å². The minimum atomic E-state index is -0.251. The molecule has 0 aromatic rings. The highest BCUT2D eigenvalue weighted by Crippen LogP contribution is 1.82. The molecule has 0 aromatic carbocycles. The van der Waals surface area contributed by atoms with Crippen LogP contribution < -0.4 is 0 Å². The lowest BCUT2D eigenvalue weighted by atomic mass is 10.5. The summed E-state index contributed by atoms with van der Waals surface area (Å²) in [4.78, 5) is 16.9. The number of nitrogens with zero attached hydrogens (tertiary/aromatic N) is 2. The van der Waals surface area contributed by atoms with E-state index in [0.29, 0.717) is 19.7 Å². The van der Waals surface area contributed by atoms with Crippen LogP contribution in [0.5, 0.6) is 0 Å². The molecule has 0 aliphatic rings. The number of esters is 1. The van der Waals surface area contributed by atoms with Crippen molar-refractivity contribution < 1.29 is 14.4 Å². The summed E-state index contributed by atoms with van der Waals surface area (Å²) in [7, 11) is 3.40. The van der Waals surface area contributed by atoms with Crippen LogP contribution in [0, 0.1) is 0 Å². The predicted octanol–water partition coefficient (Wildman–Crippen LogP) is 0.114. The second-order valence-electron chi connectivity index (χ2n) is 2.57. The lowest BCUT2D eigenvalue weighted by Gasteiger charge is -2.12. The first-order chi connectivity index (χ1) is 6.16. The Kier molecular flexibility index (Phi) is 6.91. The van der Waals surface area contributed by atoms with Gasteiger partial charge in [-0.1, -0.05) is 5.16 Å². The summed E-state index contributed by atoms with van der Waals surface area (Å²) < 4.78 is 4.76. The van der Waals surface area contributed by atoms with Crippen molar-refractivity contribution in [3.8, 4) is 0 Å². The molecule has 0 radical (unpaired) electrons. The van der Waals surface area contributed by atoms with Crippen molar-refractivity contribution in [1.82, 2.24) is 4.90 Å². The standard InChI is InChI=1S/C8H16N2O3/c1-8(11)13-7-6-10(2)5-4-9-12-3/h4H,5-7H2,1-3H3/b9-4+. The zero-order valence-corrected chi connectivity index (χ0v) is 8.32. The van der Waals surface area contributed by atoms with Gasteiger partial charge in [-0.15, -0.1) is 0 Å². The van der Waals surface area contributed by atoms with E-state index in [-0.39, 0.29) is 5.97 Å². The van der Waals surface area contributed by atoms with Crippen LogP contribution in [0.1, 0.15) is 6.92 Å². The van der Waals surface area contributed by atoms with Crippen molar-refractivity contribution in [1.29, 1.82) is 0 Å². The molecule has 5 nitrogen and oxygen atoms in total. The lowest BCUT2D eigenvalue weighted by molar-refractivity contribution is -0.141. The average Bonchev–Trinajstić information content (AvgIpc) is 2.04. The molecule has 0 saturated heterocycles. The first-order valence-electron chi connectivity index (χ1n) is 4.03. The number of hydrogen-bond acceptors (Lipinski definition) is 5. The van der Waals surface area contributed by atoms with Gasteiger partial charge in [0.2, 0.25) is 0 Å². The van der Waals surface area contributed by atoms with E-state index in [0.717, 1.165) is 0 Å². The van der Waals surface area contributed by atoms with Gasteiger partial charge in [0.05, 0.1) is 6.21 Å². The van der Waals surface area contributed by atoms with Gasteiger partial charge in [0.15, 0.2) is 0 Å². The Morgan fingerprint density at radius 2 is 2.31 bits per heavy atom. The number of ether oxygens (including phenoxy) is 1. The number of rotatable bonds is 6. The largest absolute Gasteiger partial charge is 0.465 e. The molecule has 5 heteroatoms. The van der Waals surface area contributed by atoms with Crippen molar-refractivity contribution in [2.45, 2.75) is 6.92 Å². The molecule has 13 heavy (non-hydrogen) atoms. The molecule has 0 spiro atoms. The van der Waals surface area contributed by atoms with E-state index >= 15 is 0 Å². The van der Waals surface area contributed by atoms with E-state index < -0.39 is 0 Å². The molecular weight excluding hydrogens is 172 g/mol. The second-order valence-corrected chi connectivity index (χ2v) is 2.57. The Bertz CT molecular complexity index is 171. The third-order valence-corrected chi connectivity index (χ3v) is 1.35. The van der Waals surface area contributed by atoms with E-state index in [9.17, 15) is 4.79 Å². The van der Waals surface area contributed by atoms with Crippen LogP contribution in [0.25, 0.3) is 0 Å². The molecule has 0 amide bonds. The fourth-order valence-electron chi connectivity index (χ4n) is 0.684. The van der Waals surface area contributed by atoms with Crippen LogP contribution in [0.2, 0.25) is 0 Å². The summed E-state index contributed by atoms with van der Waals surface area (Å²) in [5, 5.41) is 3.58. The normalized spacial score (nSPS) is 10.8. The van der Waals surface area contributed by atoms with Gasteiger partial charge in [-0.25, -0.2) is 0 Å². The van der Waals surface area contributed by atoms with E-state index in [1.807, 2.05) is 11.9 Å². The first kappa shape index (κ1) is 11.9. The van der Waals surface area contributed by atoms with Gasteiger partial charge in [-0.3, -0.25) is 9.69 Å². The molecular formula is C8H16N2O3. The molecule has 0 unspecified atom stereocenters. The van der Waals surface area contributed by atoms with Crippen LogP contribution in [-0.4, -0.2) is 50.9 Å². The monoisotopic (exact) mass is 188 g/mol. The second kappa shape index (κ2) is 7.54. The molecule has 0 fully saturated rings. The Labute approximate surface area is 78.3 Å². The number of oxime groups is 1. The SMILES string of the molecule is CO/N=C/CN(C)CCOC(C)=O. The molecule has 0 aromatic heterocycles. The number of hydrogen-bond donors (Lipinski definition) is 0. The maximum atomic E-state index is 10.4. The topological polar surface area (TPSA) is 51.1 Å². The first-order valence-corrected chi connectivity index (χ1v) is 4.03. The fraction of sp³-hybridized carbons (Fsp3) is 0.750. The van der Waals surface area contributed by atoms with Crippen molar-refractivity contribution in [3.05, 3.63) is 0 Å². The predicted molar refractivity (Wildman–Crippen MR) is 49.6 cm³/mol. The van der Waals surface area contributed by atoms with Crippen LogP contribution in [0.15, 0.2) is 5.16 Å². The van der Waals surface area contributed by atoms with Gasteiger partial charge in [-0.05, 0) is 7.05 Å². The third-order valence-electron chi connectivity index (χ3n) is 1.35. The quantitative estimate of drug-likeness (QED) is 0.337. The van der Waals surface area contributed by atoms with Crippen LogP contribution >= 0.6 is 0 Å². The van der Waals surface area contributed by atoms with E-state index in [2.05, 4.69) is 9.99 Å². The van der Waals surface area contributed by atoms with Crippen LogP contribution in [0.4, 0.5) is 0 Å². The molecule has 0 saturated carbocycles. The fourth-order valence-corrected chi connectivity index (χ4v) is 0.684. The molecule has 76 valence electrons. The molecule has 0 bridgehead atoms. The summed E-state index contributed by atoms with van der Waals surface area (Å²) in [6.45, 7) is 3.17. The van der Waals surface area contributed by atoms with E-state index in [1.54, 1.807) is 6.21 Å². The Balaban J connectivity index is 3.34. The molecule has 0 rings (SSSR count). The van der Waals surface area contributed by atoms with Gasteiger partial charge < -0.3 is 9.57 Å². The average molecular weight is 188 g/mol. The third kappa shape index (κ3) is 8.81. The Morgan fingerprint density at radius 3 is 2.85 bits per heavy atom.